The van der Waals surface area contributed by atoms with Crippen LogP contribution in [0.5, 0.6) is 17.2 Å². The molecule has 4 rings (SSSR count). The second-order valence-corrected chi connectivity index (χ2v) is 7.09. The van der Waals surface area contributed by atoms with Gasteiger partial charge < -0.3 is 24.3 Å². The molecule has 5 heteroatoms. The van der Waals surface area contributed by atoms with Crippen LogP contribution in [0.1, 0.15) is 30.0 Å². The van der Waals surface area contributed by atoms with Crippen LogP contribution in [0.25, 0.3) is 0 Å². The third-order valence-electron chi connectivity index (χ3n) is 5.00. The van der Waals surface area contributed by atoms with Crippen molar-refractivity contribution in [1.82, 2.24) is 5.32 Å². The van der Waals surface area contributed by atoms with Crippen LogP contribution in [0.3, 0.4) is 0 Å². The van der Waals surface area contributed by atoms with Gasteiger partial charge in [0.1, 0.15) is 25.6 Å². The van der Waals surface area contributed by atoms with E-state index in [9.17, 15) is 0 Å². The van der Waals surface area contributed by atoms with Gasteiger partial charge in [-0.25, -0.2) is 0 Å². The molecule has 0 spiro atoms. The predicted octanol–water partition coefficient (Wildman–Crippen LogP) is 3.72. The highest BCUT2D eigenvalue weighted by Gasteiger charge is 2.32. The summed E-state index contributed by atoms with van der Waals surface area (Å²) < 4.78 is 22.2. The third kappa shape index (κ3) is 4.73. The number of hydrogen-bond acceptors (Lipinski definition) is 5. The summed E-state index contributed by atoms with van der Waals surface area (Å²) in [5, 5.41) is 3.74. The van der Waals surface area contributed by atoms with Crippen molar-refractivity contribution >= 4 is 0 Å². The monoisotopic (exact) mass is 369 g/mol. The average Bonchev–Trinajstić information content (AvgIpc) is 3.54. The molecule has 1 atom stereocenters. The standard InChI is InChI=1S/C22H27NO4/c1-24-9-10-25-19-4-2-3-16(13-19)15-23-22(17-5-6-17)18-7-8-20-21(14-18)27-12-11-26-20/h2-4,7-8,13-14,17,22-23H,5-6,9-12,15H2,1H3. The fourth-order valence-electron chi connectivity index (χ4n) is 3.46. The molecule has 1 saturated carbocycles. The predicted molar refractivity (Wildman–Crippen MR) is 104 cm³/mol. The fraction of sp³-hybridized carbons (Fsp3) is 0.455. The van der Waals surface area contributed by atoms with E-state index in [0.29, 0.717) is 38.4 Å². The van der Waals surface area contributed by atoms with Crippen molar-refractivity contribution in [3.05, 3.63) is 53.6 Å². The van der Waals surface area contributed by atoms with Gasteiger partial charge in [0.15, 0.2) is 11.5 Å². The maximum atomic E-state index is 5.76. The quantitative estimate of drug-likeness (QED) is 0.683. The smallest absolute Gasteiger partial charge is 0.161 e. The van der Waals surface area contributed by atoms with E-state index in [1.807, 2.05) is 18.2 Å². The Morgan fingerprint density at radius 3 is 2.70 bits per heavy atom. The zero-order chi connectivity index (χ0) is 18.5. The zero-order valence-corrected chi connectivity index (χ0v) is 15.8. The van der Waals surface area contributed by atoms with Gasteiger partial charge in [-0.05, 0) is 54.2 Å². The molecule has 0 aromatic heterocycles. The molecule has 1 N–H and O–H groups in total. The molecule has 1 aliphatic carbocycles. The van der Waals surface area contributed by atoms with Crippen LogP contribution in [0.4, 0.5) is 0 Å². The Hall–Kier alpha value is -2.24. The van der Waals surface area contributed by atoms with Crippen molar-refractivity contribution in [2.75, 3.05) is 33.5 Å². The first-order chi connectivity index (χ1) is 13.3. The molecule has 0 radical (unpaired) electrons. The van der Waals surface area contributed by atoms with Crippen molar-refractivity contribution in [1.29, 1.82) is 0 Å². The van der Waals surface area contributed by atoms with E-state index >= 15 is 0 Å². The Morgan fingerprint density at radius 1 is 1.04 bits per heavy atom. The normalized spacial score (nSPS) is 16.8. The number of hydrogen-bond donors (Lipinski definition) is 1. The molecular formula is C22H27NO4. The molecule has 0 amide bonds. The van der Waals surface area contributed by atoms with E-state index in [0.717, 1.165) is 23.8 Å². The molecule has 1 aliphatic heterocycles. The van der Waals surface area contributed by atoms with Gasteiger partial charge in [-0.15, -0.1) is 0 Å². The first kappa shape index (κ1) is 18.1. The number of nitrogens with one attached hydrogen (secondary N) is 1. The fourth-order valence-corrected chi connectivity index (χ4v) is 3.46. The van der Waals surface area contributed by atoms with Crippen molar-refractivity contribution in [3.63, 3.8) is 0 Å². The van der Waals surface area contributed by atoms with Crippen molar-refractivity contribution in [2.45, 2.75) is 25.4 Å². The Kier molecular flexibility index (Phi) is 5.80. The van der Waals surface area contributed by atoms with E-state index in [1.165, 1.54) is 24.0 Å². The van der Waals surface area contributed by atoms with Gasteiger partial charge in [-0.2, -0.15) is 0 Å². The van der Waals surface area contributed by atoms with Gasteiger partial charge in [0.25, 0.3) is 0 Å². The molecule has 5 nitrogen and oxygen atoms in total. The lowest BCUT2D eigenvalue weighted by Gasteiger charge is -2.23. The first-order valence-electron chi connectivity index (χ1n) is 9.67. The molecule has 2 aliphatic rings. The van der Waals surface area contributed by atoms with Crippen molar-refractivity contribution in [2.24, 2.45) is 5.92 Å². The van der Waals surface area contributed by atoms with Crippen molar-refractivity contribution < 1.29 is 18.9 Å². The summed E-state index contributed by atoms with van der Waals surface area (Å²) >= 11 is 0. The summed E-state index contributed by atoms with van der Waals surface area (Å²) in [6, 6.07) is 14.9. The van der Waals surface area contributed by atoms with Crippen LogP contribution in [0.15, 0.2) is 42.5 Å². The zero-order valence-electron chi connectivity index (χ0n) is 15.8. The first-order valence-corrected chi connectivity index (χ1v) is 9.67. The highest BCUT2D eigenvalue weighted by atomic mass is 16.6. The van der Waals surface area contributed by atoms with E-state index in [2.05, 4.69) is 29.6 Å². The van der Waals surface area contributed by atoms with Crippen LogP contribution >= 0.6 is 0 Å². The van der Waals surface area contributed by atoms with Crippen LogP contribution in [-0.4, -0.2) is 33.5 Å². The molecule has 0 saturated heterocycles. The molecule has 0 bridgehead atoms. The van der Waals surface area contributed by atoms with Crippen LogP contribution in [0.2, 0.25) is 0 Å². The largest absolute Gasteiger partial charge is 0.491 e. The van der Waals surface area contributed by atoms with Crippen LogP contribution in [-0.2, 0) is 11.3 Å². The van der Waals surface area contributed by atoms with Crippen LogP contribution < -0.4 is 19.5 Å². The minimum atomic E-state index is 0.332. The maximum absolute atomic E-state index is 5.76. The number of fused-ring (bicyclic) bond motifs is 1. The Balaban J connectivity index is 1.42. The molecular weight excluding hydrogens is 342 g/mol. The molecule has 1 unspecified atom stereocenters. The lowest BCUT2D eigenvalue weighted by atomic mass is 10.0. The van der Waals surface area contributed by atoms with Crippen LogP contribution in [0, 0.1) is 5.92 Å². The lowest BCUT2D eigenvalue weighted by molar-refractivity contribution is 0.146. The minimum Gasteiger partial charge on any atom is -0.491 e. The maximum Gasteiger partial charge on any atom is 0.161 e. The Morgan fingerprint density at radius 2 is 1.89 bits per heavy atom. The summed E-state index contributed by atoms with van der Waals surface area (Å²) in [6.45, 7) is 3.20. The third-order valence-corrected chi connectivity index (χ3v) is 5.00. The van der Waals surface area contributed by atoms with E-state index < -0.39 is 0 Å². The van der Waals surface area contributed by atoms with E-state index in [1.54, 1.807) is 7.11 Å². The molecule has 144 valence electrons. The summed E-state index contributed by atoms with van der Waals surface area (Å²) in [6.07, 6.45) is 2.54. The number of benzene rings is 2. The van der Waals surface area contributed by atoms with Gasteiger partial charge in [0.2, 0.25) is 0 Å². The summed E-state index contributed by atoms with van der Waals surface area (Å²) in [4.78, 5) is 0. The Labute approximate surface area is 160 Å². The second-order valence-electron chi connectivity index (χ2n) is 7.09. The lowest BCUT2D eigenvalue weighted by Crippen LogP contribution is -2.23. The number of rotatable bonds is 9. The van der Waals surface area contributed by atoms with E-state index in [-0.39, 0.29) is 0 Å². The molecule has 2 aromatic rings. The number of ether oxygens (including phenoxy) is 4. The highest BCUT2D eigenvalue weighted by Crippen LogP contribution is 2.43. The summed E-state index contributed by atoms with van der Waals surface area (Å²) in [5.41, 5.74) is 2.49. The van der Waals surface area contributed by atoms with Gasteiger partial charge in [0.05, 0.1) is 6.61 Å². The van der Waals surface area contributed by atoms with Gasteiger partial charge in [0, 0.05) is 19.7 Å². The van der Waals surface area contributed by atoms with Gasteiger partial charge in [-0.1, -0.05) is 18.2 Å². The SMILES string of the molecule is COCCOc1cccc(CNC(c2ccc3c(c2)OCCO3)C2CC2)c1. The Bertz CT molecular complexity index is 760. The van der Waals surface area contributed by atoms with Gasteiger partial charge in [-0.3, -0.25) is 0 Å². The average molecular weight is 369 g/mol. The summed E-state index contributed by atoms with van der Waals surface area (Å²) in [7, 11) is 1.68. The van der Waals surface area contributed by atoms with E-state index in [4.69, 9.17) is 18.9 Å². The minimum absolute atomic E-state index is 0.332. The number of methoxy groups -OCH3 is 1. The molecule has 1 heterocycles. The molecule has 27 heavy (non-hydrogen) atoms. The summed E-state index contributed by atoms with van der Waals surface area (Å²) in [5.74, 6) is 3.28. The topological polar surface area (TPSA) is 49.0 Å². The van der Waals surface area contributed by atoms with Gasteiger partial charge >= 0.3 is 0 Å². The van der Waals surface area contributed by atoms with Crippen molar-refractivity contribution in [3.8, 4) is 17.2 Å². The highest BCUT2D eigenvalue weighted by molar-refractivity contribution is 5.45. The molecule has 1 fully saturated rings. The molecule has 2 aromatic carbocycles. The second kappa shape index (κ2) is 8.63.